The summed E-state index contributed by atoms with van der Waals surface area (Å²) in [5.74, 6) is -12.1. The van der Waals surface area contributed by atoms with Crippen molar-refractivity contribution in [2.75, 3.05) is 152 Å². The minimum Gasteiger partial charge on any atom is -0.481 e. The average molecular weight is 1260 g/mol. The molecule has 8 amide bonds. The molecule has 0 aliphatic rings. The number of benzene rings is 1. The van der Waals surface area contributed by atoms with Crippen LogP contribution in [0.3, 0.4) is 0 Å². The van der Waals surface area contributed by atoms with Gasteiger partial charge in [0, 0.05) is 65.0 Å². The number of carboxylic acids is 3. The maximum atomic E-state index is 14.8. The van der Waals surface area contributed by atoms with Gasteiger partial charge in [-0.05, 0) is 25.7 Å². The van der Waals surface area contributed by atoms with Gasteiger partial charge in [-0.25, -0.2) is 37.8 Å². The molecule has 1 aromatic rings. The van der Waals surface area contributed by atoms with E-state index in [1.807, 2.05) is 5.32 Å². The van der Waals surface area contributed by atoms with E-state index < -0.39 is 101 Å². The second kappa shape index (κ2) is 50.1. The summed E-state index contributed by atoms with van der Waals surface area (Å²) in [6.07, 6.45) is 2.30. The van der Waals surface area contributed by atoms with E-state index in [9.17, 15) is 70.6 Å². The Morgan fingerprint density at radius 2 is 0.690 bits per heavy atom. The number of unbranched alkanes of at least 4 members (excludes halogenated alkanes) is 4. The highest BCUT2D eigenvalue weighted by molar-refractivity contribution is 5.99. The molecule has 0 heterocycles. The standard InChI is InChI=1S/C52H83F4N9O22/c53-44-42(45(54)47(56)43(46(44)55)49(73)63-17-23-84-28-26-81-20-14-60-39(68)11-18-79-24-30-85-32-33-86-31-29-82-21-15-61-40(69)34-87-57)48(72)62-16-22-83-27-25-80-19-13-59-37(66)6-4-2-1-3-5-12-58-38(67)9-7-35(50(74)75)64-52(78)65-36(51(76)77)8-10-41(70)71/h35-36H,1-34,57H2,(H,58,67)(H,59,66)(H,60,68)(H,61,69)(H,62,72)(H,63,73)(H,70,71)(H,74,75)(H,76,77)(H2,64,65,78)/t35-,36-/m0/s1. The Bertz CT molecular complexity index is 2220. The minimum absolute atomic E-state index is 0.0145. The lowest BCUT2D eigenvalue weighted by Gasteiger charge is -2.18. The summed E-state index contributed by atoms with van der Waals surface area (Å²) in [6.45, 7) is 2.72. The molecule has 0 aliphatic carbocycles. The summed E-state index contributed by atoms with van der Waals surface area (Å²) in [6, 6.07) is -4.22. The average Bonchev–Trinajstić information content (AvgIpc) is 1.18. The van der Waals surface area contributed by atoms with Crippen LogP contribution < -0.4 is 48.4 Å². The summed E-state index contributed by atoms with van der Waals surface area (Å²) in [5.41, 5.74) is -3.16. The van der Waals surface area contributed by atoms with Gasteiger partial charge in [0.2, 0.25) is 23.6 Å². The molecule has 496 valence electrons. The lowest BCUT2D eigenvalue weighted by atomic mass is 10.1. The van der Waals surface area contributed by atoms with Crippen LogP contribution in [-0.2, 0) is 76.3 Å². The van der Waals surface area contributed by atoms with Gasteiger partial charge in [-0.15, -0.1) is 0 Å². The molecule has 0 aromatic heterocycles. The van der Waals surface area contributed by atoms with Crippen molar-refractivity contribution in [3.05, 3.63) is 34.4 Å². The molecule has 0 spiro atoms. The van der Waals surface area contributed by atoms with E-state index in [-0.39, 0.29) is 142 Å². The highest BCUT2D eigenvalue weighted by Crippen LogP contribution is 2.24. The molecule has 13 N–H and O–H groups in total. The number of carbonyl (C=O) groups excluding carboxylic acids is 7. The molecule has 0 aliphatic heterocycles. The van der Waals surface area contributed by atoms with Gasteiger partial charge in [-0.1, -0.05) is 19.3 Å². The van der Waals surface area contributed by atoms with Gasteiger partial charge in [0.1, 0.15) is 29.8 Å². The Morgan fingerprint density at radius 3 is 1.09 bits per heavy atom. The topological polar surface area (TPSA) is 437 Å². The lowest BCUT2D eigenvalue weighted by molar-refractivity contribution is -0.141. The molecule has 87 heavy (non-hydrogen) atoms. The highest BCUT2D eigenvalue weighted by atomic mass is 19.2. The Balaban J connectivity index is 2.09. The molecule has 31 nitrogen and oxygen atoms in total. The zero-order valence-electron chi connectivity index (χ0n) is 48.4. The van der Waals surface area contributed by atoms with Crippen LogP contribution >= 0.6 is 0 Å². The first-order valence-corrected chi connectivity index (χ1v) is 28.0. The molecule has 0 bridgehead atoms. The number of urea groups is 1. The van der Waals surface area contributed by atoms with Crippen LogP contribution in [0.2, 0.25) is 0 Å². The third-order valence-electron chi connectivity index (χ3n) is 11.5. The summed E-state index contributed by atoms with van der Waals surface area (Å²) < 4.78 is 102. The van der Waals surface area contributed by atoms with Crippen molar-refractivity contribution in [3.63, 3.8) is 0 Å². The zero-order valence-corrected chi connectivity index (χ0v) is 48.4. The van der Waals surface area contributed by atoms with Gasteiger partial charge in [-0.2, -0.15) is 0 Å². The molecule has 0 unspecified atom stereocenters. The van der Waals surface area contributed by atoms with E-state index >= 15 is 0 Å². The van der Waals surface area contributed by atoms with Crippen LogP contribution in [0.1, 0.15) is 91.3 Å². The van der Waals surface area contributed by atoms with Gasteiger partial charge >= 0.3 is 23.9 Å². The van der Waals surface area contributed by atoms with E-state index in [2.05, 4.69) is 42.1 Å². The van der Waals surface area contributed by atoms with Gasteiger partial charge in [0.05, 0.1) is 106 Å². The predicted octanol–water partition coefficient (Wildman–Crippen LogP) is -1.23. The fourth-order valence-electron chi connectivity index (χ4n) is 7.02. The van der Waals surface area contributed by atoms with Crippen LogP contribution in [0.4, 0.5) is 22.4 Å². The molecule has 35 heteroatoms. The fraction of sp³-hybridized carbons (Fsp3) is 0.692. The lowest BCUT2D eigenvalue weighted by Crippen LogP contribution is -2.51. The molecule has 0 saturated heterocycles. The summed E-state index contributed by atoms with van der Waals surface area (Å²) in [7, 11) is 0. The third-order valence-corrected chi connectivity index (χ3v) is 11.5. The Hall–Kier alpha value is -6.96. The quantitative estimate of drug-likeness (QED) is 0.0157. The van der Waals surface area contributed by atoms with Crippen LogP contribution in [0.5, 0.6) is 0 Å². The predicted molar refractivity (Wildman–Crippen MR) is 293 cm³/mol. The molecular weight excluding hydrogens is 1180 g/mol. The molecule has 1 aromatic carbocycles. The second-order valence-corrected chi connectivity index (χ2v) is 18.3. The largest absolute Gasteiger partial charge is 0.481 e. The Labute approximate surface area is 499 Å². The Kier molecular flexibility index (Phi) is 44.9. The number of ether oxygens (including phenoxy) is 8. The van der Waals surface area contributed by atoms with E-state index in [0.29, 0.717) is 65.6 Å². The number of rotatable bonds is 55. The summed E-state index contributed by atoms with van der Waals surface area (Å²) in [4.78, 5) is 122. The van der Waals surface area contributed by atoms with E-state index in [0.717, 1.165) is 19.3 Å². The molecule has 1 rings (SSSR count). The van der Waals surface area contributed by atoms with Crippen molar-refractivity contribution < 1.29 is 124 Å². The SMILES string of the molecule is NOCC(=O)NCCOCCOCCOCCOCCC(=O)NCCOCCOCCNC(=O)c1c(F)c(F)c(C(=O)NCCOCCOCCNC(=O)CCCCCCCNC(=O)CC[C@H](NC(=O)N[C@@H](CCC(=O)O)C(=O)O)C(=O)O)c(F)c1F. The van der Waals surface area contributed by atoms with Gasteiger partial charge in [-0.3, -0.25) is 38.4 Å². The number of hydrogen-bond acceptors (Lipinski definition) is 20. The summed E-state index contributed by atoms with van der Waals surface area (Å²) >= 11 is 0. The number of nitrogens with two attached hydrogens (primary N) is 1. The van der Waals surface area contributed by atoms with Gasteiger partial charge in [0.15, 0.2) is 23.3 Å². The van der Waals surface area contributed by atoms with Crippen molar-refractivity contribution in [1.82, 2.24) is 42.5 Å². The number of hydrogen-bond donors (Lipinski definition) is 12. The summed E-state index contributed by atoms with van der Waals surface area (Å²) in [5, 5.41) is 46.0. The molecule has 2 atom stereocenters. The number of aliphatic carboxylic acids is 3. The van der Waals surface area contributed by atoms with Crippen molar-refractivity contribution >= 4 is 59.4 Å². The van der Waals surface area contributed by atoms with Crippen LogP contribution in [0.15, 0.2) is 0 Å². The van der Waals surface area contributed by atoms with E-state index in [1.54, 1.807) is 0 Å². The van der Waals surface area contributed by atoms with Gasteiger partial charge < -0.3 is 95.7 Å². The number of amides is 8. The zero-order chi connectivity index (χ0) is 64.5. The van der Waals surface area contributed by atoms with E-state index in [4.69, 9.17) is 54.0 Å². The van der Waals surface area contributed by atoms with Crippen molar-refractivity contribution in [1.29, 1.82) is 0 Å². The molecule has 0 radical (unpaired) electrons. The monoisotopic (exact) mass is 1260 g/mol. The first-order valence-electron chi connectivity index (χ1n) is 28.0. The third kappa shape index (κ3) is 39.5. The minimum atomic E-state index is -2.09. The number of nitrogens with one attached hydrogen (secondary N) is 8. The number of carboxylic acid groups (broad SMARTS) is 3. The smallest absolute Gasteiger partial charge is 0.326 e. The first-order chi connectivity index (χ1) is 41.8. The van der Waals surface area contributed by atoms with Crippen LogP contribution in [-0.4, -0.2) is 238 Å². The highest BCUT2D eigenvalue weighted by Gasteiger charge is 2.32. The van der Waals surface area contributed by atoms with Crippen molar-refractivity contribution in [2.24, 2.45) is 5.90 Å². The first kappa shape index (κ1) is 78.1. The van der Waals surface area contributed by atoms with E-state index in [1.165, 1.54) is 0 Å². The normalized spacial score (nSPS) is 11.7. The van der Waals surface area contributed by atoms with Crippen molar-refractivity contribution in [3.8, 4) is 0 Å². The molecular formula is C52H83F4N9O22. The van der Waals surface area contributed by atoms with Crippen LogP contribution in [0.25, 0.3) is 0 Å². The maximum absolute atomic E-state index is 14.8. The Morgan fingerprint density at radius 1 is 0.368 bits per heavy atom. The maximum Gasteiger partial charge on any atom is 0.326 e. The molecule has 0 fully saturated rings. The van der Waals surface area contributed by atoms with Crippen LogP contribution in [0, 0.1) is 23.3 Å². The van der Waals surface area contributed by atoms with Gasteiger partial charge in [0.25, 0.3) is 11.8 Å². The number of carbonyl (C=O) groups is 10. The molecule has 0 saturated carbocycles. The second-order valence-electron chi connectivity index (χ2n) is 18.3. The van der Waals surface area contributed by atoms with Crippen molar-refractivity contribution in [2.45, 2.75) is 82.7 Å². The number of halogens is 4. The fourth-order valence-corrected chi connectivity index (χ4v) is 7.02.